The minimum Gasteiger partial charge on any atom is -0.346 e. The lowest BCUT2D eigenvalue weighted by Crippen LogP contribution is -2.23. The van der Waals surface area contributed by atoms with Crippen LogP contribution in [0.2, 0.25) is 0 Å². The van der Waals surface area contributed by atoms with Crippen LogP contribution in [0.3, 0.4) is 0 Å². The Bertz CT molecular complexity index is 980. The summed E-state index contributed by atoms with van der Waals surface area (Å²) >= 11 is 1.60. The fourth-order valence-electron chi connectivity index (χ4n) is 2.35. The lowest BCUT2D eigenvalue weighted by molar-refractivity contribution is 0.0950. The van der Waals surface area contributed by atoms with Gasteiger partial charge in [0.15, 0.2) is 4.96 Å². The molecule has 0 unspecified atom stereocenters. The number of pyridine rings is 1. The van der Waals surface area contributed by atoms with E-state index in [1.165, 1.54) is 0 Å². The predicted octanol–water partition coefficient (Wildman–Crippen LogP) is 2.28. The standard InChI is InChI=1S/C15H13N5OS/c1-10-9-22-15-18-12(8-20(10)15)6-17-14(21)11-2-3-13-16-4-5-19(13)7-11/h2-5,7-9H,6H2,1H3,(H,17,21). The van der Waals surface area contributed by atoms with Crippen molar-refractivity contribution < 1.29 is 4.79 Å². The van der Waals surface area contributed by atoms with Gasteiger partial charge in [-0.15, -0.1) is 11.3 Å². The number of amides is 1. The number of carbonyl (C=O) groups is 1. The zero-order valence-corrected chi connectivity index (χ0v) is 12.7. The molecular formula is C15H13N5OS. The van der Waals surface area contributed by atoms with Crippen molar-refractivity contribution in [2.24, 2.45) is 0 Å². The average molecular weight is 311 g/mol. The van der Waals surface area contributed by atoms with E-state index < -0.39 is 0 Å². The van der Waals surface area contributed by atoms with E-state index in [-0.39, 0.29) is 5.91 Å². The van der Waals surface area contributed by atoms with Crippen molar-refractivity contribution in [3.8, 4) is 0 Å². The van der Waals surface area contributed by atoms with Crippen LogP contribution in [0.4, 0.5) is 0 Å². The summed E-state index contributed by atoms with van der Waals surface area (Å²) in [7, 11) is 0. The summed E-state index contributed by atoms with van der Waals surface area (Å²) in [5.41, 5.74) is 3.42. The van der Waals surface area contributed by atoms with Gasteiger partial charge in [0.25, 0.3) is 5.91 Å². The maximum atomic E-state index is 12.2. The molecule has 0 radical (unpaired) electrons. The van der Waals surface area contributed by atoms with Gasteiger partial charge in [-0.25, -0.2) is 9.97 Å². The van der Waals surface area contributed by atoms with Gasteiger partial charge in [0.2, 0.25) is 0 Å². The third-order valence-corrected chi connectivity index (χ3v) is 4.48. The molecule has 4 aromatic heterocycles. The number of hydrogen-bond donors (Lipinski definition) is 1. The highest BCUT2D eigenvalue weighted by molar-refractivity contribution is 7.15. The van der Waals surface area contributed by atoms with Crippen LogP contribution in [0.1, 0.15) is 21.7 Å². The van der Waals surface area contributed by atoms with E-state index in [0.29, 0.717) is 12.1 Å². The van der Waals surface area contributed by atoms with Crippen LogP contribution in [0.15, 0.2) is 42.3 Å². The van der Waals surface area contributed by atoms with Crippen LogP contribution >= 0.6 is 11.3 Å². The number of nitrogens with zero attached hydrogens (tertiary/aromatic N) is 4. The molecule has 0 saturated heterocycles. The second kappa shape index (κ2) is 4.96. The highest BCUT2D eigenvalue weighted by Gasteiger charge is 2.09. The predicted molar refractivity (Wildman–Crippen MR) is 84.2 cm³/mol. The summed E-state index contributed by atoms with van der Waals surface area (Å²) in [6, 6.07) is 3.60. The zero-order chi connectivity index (χ0) is 15.1. The molecule has 0 atom stereocenters. The first kappa shape index (κ1) is 13.0. The Kier molecular flexibility index (Phi) is 2.93. The Labute approximate surface area is 130 Å². The summed E-state index contributed by atoms with van der Waals surface area (Å²) < 4.78 is 3.86. The Morgan fingerprint density at radius 2 is 2.27 bits per heavy atom. The van der Waals surface area contributed by atoms with Gasteiger partial charge in [-0.2, -0.15) is 0 Å². The average Bonchev–Trinajstić information content (AvgIpc) is 3.21. The van der Waals surface area contributed by atoms with Crippen molar-refractivity contribution in [1.29, 1.82) is 0 Å². The molecule has 22 heavy (non-hydrogen) atoms. The summed E-state index contributed by atoms with van der Waals surface area (Å²) in [5.74, 6) is -0.122. The van der Waals surface area contributed by atoms with E-state index >= 15 is 0 Å². The number of carbonyl (C=O) groups excluding carboxylic acids is 1. The Morgan fingerprint density at radius 3 is 3.14 bits per heavy atom. The summed E-state index contributed by atoms with van der Waals surface area (Å²) in [6.45, 7) is 2.45. The first-order valence-corrected chi connectivity index (χ1v) is 7.72. The molecule has 4 rings (SSSR count). The summed E-state index contributed by atoms with van der Waals surface area (Å²) in [4.78, 5) is 21.8. The van der Waals surface area contributed by atoms with Crippen LogP contribution in [0.25, 0.3) is 10.6 Å². The van der Waals surface area contributed by atoms with E-state index in [0.717, 1.165) is 22.0 Å². The molecule has 1 N–H and O–H groups in total. The molecule has 0 aliphatic rings. The number of nitrogens with one attached hydrogen (secondary N) is 1. The first-order valence-electron chi connectivity index (χ1n) is 6.84. The third kappa shape index (κ3) is 2.15. The van der Waals surface area contributed by atoms with Gasteiger partial charge in [-0.1, -0.05) is 0 Å². The van der Waals surface area contributed by atoms with Crippen LogP contribution in [-0.4, -0.2) is 24.7 Å². The zero-order valence-electron chi connectivity index (χ0n) is 11.9. The number of aryl methyl sites for hydroxylation is 1. The van der Waals surface area contributed by atoms with Crippen LogP contribution in [0.5, 0.6) is 0 Å². The first-order chi connectivity index (χ1) is 10.7. The van der Waals surface area contributed by atoms with Crippen LogP contribution in [-0.2, 0) is 6.54 Å². The van der Waals surface area contributed by atoms with Crippen LogP contribution in [0, 0.1) is 6.92 Å². The highest BCUT2D eigenvalue weighted by atomic mass is 32.1. The molecule has 0 aliphatic carbocycles. The molecule has 0 aliphatic heterocycles. The molecule has 6 nitrogen and oxygen atoms in total. The molecule has 0 saturated carbocycles. The van der Waals surface area contributed by atoms with Crippen molar-refractivity contribution in [2.45, 2.75) is 13.5 Å². The SMILES string of the molecule is Cc1csc2nc(CNC(=O)c3ccc4nccn4c3)cn12. The van der Waals surface area contributed by atoms with Crippen molar-refractivity contribution in [3.63, 3.8) is 0 Å². The Morgan fingerprint density at radius 1 is 1.36 bits per heavy atom. The quantitative estimate of drug-likeness (QED) is 0.631. The number of hydrogen-bond acceptors (Lipinski definition) is 4. The fraction of sp³-hybridized carbons (Fsp3) is 0.133. The van der Waals surface area contributed by atoms with Crippen molar-refractivity contribution in [2.75, 3.05) is 0 Å². The van der Waals surface area contributed by atoms with E-state index in [9.17, 15) is 4.79 Å². The van der Waals surface area contributed by atoms with Gasteiger partial charge in [0, 0.05) is 35.9 Å². The fourth-order valence-corrected chi connectivity index (χ4v) is 3.22. The monoisotopic (exact) mass is 311 g/mol. The maximum absolute atomic E-state index is 12.2. The Hall–Kier alpha value is -2.67. The second-order valence-electron chi connectivity index (χ2n) is 5.06. The molecule has 4 heterocycles. The van der Waals surface area contributed by atoms with Crippen molar-refractivity contribution in [1.82, 2.24) is 24.1 Å². The van der Waals surface area contributed by atoms with Gasteiger partial charge in [0.1, 0.15) is 5.65 Å². The lowest BCUT2D eigenvalue weighted by atomic mass is 10.2. The molecule has 0 fully saturated rings. The number of aromatic nitrogens is 4. The topological polar surface area (TPSA) is 63.7 Å². The number of rotatable bonds is 3. The number of fused-ring (bicyclic) bond motifs is 2. The van der Waals surface area contributed by atoms with Crippen molar-refractivity contribution in [3.05, 3.63) is 59.3 Å². The molecule has 0 spiro atoms. The smallest absolute Gasteiger partial charge is 0.253 e. The minimum absolute atomic E-state index is 0.122. The lowest BCUT2D eigenvalue weighted by Gasteiger charge is -2.04. The minimum atomic E-state index is -0.122. The van der Waals surface area contributed by atoms with Gasteiger partial charge in [0.05, 0.1) is 17.8 Å². The van der Waals surface area contributed by atoms with Gasteiger partial charge in [-0.3, -0.25) is 9.20 Å². The molecule has 4 aromatic rings. The molecular weight excluding hydrogens is 298 g/mol. The molecule has 0 aromatic carbocycles. The second-order valence-corrected chi connectivity index (χ2v) is 5.89. The largest absolute Gasteiger partial charge is 0.346 e. The molecule has 110 valence electrons. The highest BCUT2D eigenvalue weighted by Crippen LogP contribution is 2.15. The van der Waals surface area contributed by atoms with Gasteiger partial charge >= 0.3 is 0 Å². The van der Waals surface area contributed by atoms with Gasteiger partial charge < -0.3 is 9.72 Å². The van der Waals surface area contributed by atoms with Crippen molar-refractivity contribution >= 4 is 27.9 Å². The molecule has 1 amide bonds. The van der Waals surface area contributed by atoms with E-state index in [1.54, 1.807) is 29.8 Å². The van der Waals surface area contributed by atoms with E-state index in [1.807, 2.05) is 34.2 Å². The van der Waals surface area contributed by atoms with Gasteiger partial charge in [-0.05, 0) is 19.1 Å². The Balaban J connectivity index is 1.51. The van der Waals surface area contributed by atoms with Crippen LogP contribution < -0.4 is 5.32 Å². The maximum Gasteiger partial charge on any atom is 0.253 e. The number of imidazole rings is 2. The third-order valence-electron chi connectivity index (χ3n) is 3.52. The summed E-state index contributed by atoms with van der Waals surface area (Å²) in [6.07, 6.45) is 7.25. The van der Waals surface area contributed by atoms with E-state index in [2.05, 4.69) is 20.7 Å². The molecule has 0 bridgehead atoms. The number of thiazole rings is 1. The molecule has 7 heteroatoms. The normalized spacial score (nSPS) is 11.3. The summed E-state index contributed by atoms with van der Waals surface area (Å²) in [5, 5.41) is 4.96. The van der Waals surface area contributed by atoms with E-state index in [4.69, 9.17) is 0 Å².